The van der Waals surface area contributed by atoms with Gasteiger partial charge >= 0.3 is 0 Å². The lowest BCUT2D eigenvalue weighted by Gasteiger charge is -2.09. The van der Waals surface area contributed by atoms with Crippen LogP contribution in [0, 0.1) is 0 Å². The van der Waals surface area contributed by atoms with E-state index < -0.39 is 0 Å². The Labute approximate surface area is 175 Å². The molecule has 2 N–H and O–H groups in total. The summed E-state index contributed by atoms with van der Waals surface area (Å²) in [7, 11) is 0. The van der Waals surface area contributed by atoms with Gasteiger partial charge in [-0.1, -0.05) is 59.6 Å². The van der Waals surface area contributed by atoms with Gasteiger partial charge in [-0.2, -0.15) is 5.10 Å². The maximum Gasteiger partial charge on any atom is 0.172 e. The van der Waals surface area contributed by atoms with Crippen molar-refractivity contribution in [3.05, 3.63) is 80.4 Å². The fourth-order valence-corrected chi connectivity index (χ4v) is 3.37. The van der Waals surface area contributed by atoms with Crippen LogP contribution in [0.1, 0.15) is 11.1 Å². The second kappa shape index (κ2) is 8.86. The van der Waals surface area contributed by atoms with Gasteiger partial charge in [-0.05, 0) is 51.4 Å². The number of rotatable bonds is 5. The van der Waals surface area contributed by atoms with Gasteiger partial charge in [0.25, 0.3) is 0 Å². The zero-order valence-electron chi connectivity index (χ0n) is 13.5. The minimum Gasteiger partial charge on any atom is -0.358 e. The Bertz CT molecular complexity index is 915. The highest BCUT2D eigenvalue weighted by molar-refractivity contribution is 9.10. The molecule has 8 heteroatoms. The number of hydrogen-bond acceptors (Lipinski definition) is 2. The van der Waals surface area contributed by atoms with Gasteiger partial charge < -0.3 is 10.6 Å². The molecule has 26 heavy (non-hydrogen) atoms. The van der Waals surface area contributed by atoms with Crippen LogP contribution in [0.15, 0.2) is 59.2 Å². The third-order valence-corrected chi connectivity index (χ3v) is 5.01. The quantitative estimate of drug-likeness (QED) is 0.485. The average molecular weight is 470 g/mol. The summed E-state index contributed by atoms with van der Waals surface area (Å²) >= 11 is 21.0. The van der Waals surface area contributed by atoms with Crippen LogP contribution in [-0.2, 0) is 13.1 Å². The fourth-order valence-electron chi connectivity index (χ4n) is 2.32. The number of nitrogens with zero attached hydrogens (tertiary/aromatic N) is 2. The minimum absolute atomic E-state index is 0.504. The van der Waals surface area contributed by atoms with Crippen LogP contribution >= 0.6 is 51.3 Å². The molecule has 0 saturated heterocycles. The summed E-state index contributed by atoms with van der Waals surface area (Å²) in [6.45, 7) is 1.17. The van der Waals surface area contributed by atoms with Gasteiger partial charge in [-0.3, -0.25) is 4.68 Å². The van der Waals surface area contributed by atoms with Crippen molar-refractivity contribution in [1.29, 1.82) is 0 Å². The van der Waals surface area contributed by atoms with Crippen molar-refractivity contribution < 1.29 is 0 Å². The molecule has 0 saturated carbocycles. The van der Waals surface area contributed by atoms with E-state index in [9.17, 15) is 0 Å². The molecule has 4 nitrogen and oxygen atoms in total. The second-order valence-electron chi connectivity index (χ2n) is 5.55. The van der Waals surface area contributed by atoms with Crippen LogP contribution in [0.3, 0.4) is 0 Å². The minimum atomic E-state index is 0.504. The van der Waals surface area contributed by atoms with E-state index >= 15 is 0 Å². The molecule has 1 heterocycles. The van der Waals surface area contributed by atoms with Crippen LogP contribution in [0.2, 0.25) is 10.0 Å². The Morgan fingerprint density at radius 1 is 1.15 bits per heavy atom. The van der Waals surface area contributed by atoms with Gasteiger partial charge in [0.05, 0.1) is 11.0 Å². The summed E-state index contributed by atoms with van der Waals surface area (Å²) in [5.74, 6) is 0.639. The highest BCUT2D eigenvalue weighted by atomic mass is 79.9. The third kappa shape index (κ3) is 5.20. The average Bonchev–Trinajstić information content (AvgIpc) is 2.96. The van der Waals surface area contributed by atoms with E-state index in [1.165, 1.54) is 0 Å². The Kier molecular flexibility index (Phi) is 6.53. The number of nitrogens with one attached hydrogen (secondary N) is 2. The molecule has 0 unspecified atom stereocenters. The fraction of sp³-hybridized carbons (Fsp3) is 0.111. The van der Waals surface area contributed by atoms with Gasteiger partial charge in [0.2, 0.25) is 0 Å². The van der Waals surface area contributed by atoms with E-state index in [1.54, 1.807) is 10.7 Å². The molecule has 0 aliphatic rings. The Hall–Kier alpha value is -1.60. The largest absolute Gasteiger partial charge is 0.358 e. The van der Waals surface area contributed by atoms with E-state index in [-0.39, 0.29) is 0 Å². The smallest absolute Gasteiger partial charge is 0.172 e. The first-order chi connectivity index (χ1) is 12.5. The van der Waals surface area contributed by atoms with E-state index in [1.807, 2.05) is 48.7 Å². The Balaban J connectivity index is 1.61. The number of benzene rings is 2. The Morgan fingerprint density at radius 3 is 2.65 bits per heavy atom. The number of hydrogen-bond donors (Lipinski definition) is 2. The first-order valence-corrected chi connectivity index (χ1v) is 9.72. The van der Waals surface area contributed by atoms with Crippen molar-refractivity contribution in [2.24, 2.45) is 0 Å². The van der Waals surface area contributed by atoms with Crippen molar-refractivity contribution in [2.45, 2.75) is 13.1 Å². The highest BCUT2D eigenvalue weighted by Gasteiger charge is 2.10. The molecular weight excluding hydrogens is 455 g/mol. The van der Waals surface area contributed by atoms with Crippen LogP contribution < -0.4 is 10.6 Å². The summed E-state index contributed by atoms with van der Waals surface area (Å²) in [6, 6.07) is 15.5. The van der Waals surface area contributed by atoms with Gasteiger partial charge in [-0.15, -0.1) is 0 Å². The van der Waals surface area contributed by atoms with Crippen LogP contribution in [0.4, 0.5) is 5.82 Å². The number of anilines is 1. The highest BCUT2D eigenvalue weighted by Crippen LogP contribution is 2.24. The van der Waals surface area contributed by atoms with Crippen molar-refractivity contribution in [1.82, 2.24) is 15.1 Å². The number of thiocarbonyl (C=S) groups is 1. The number of halogens is 3. The van der Waals surface area contributed by atoms with Crippen molar-refractivity contribution in [2.75, 3.05) is 5.32 Å². The molecule has 3 rings (SSSR count). The molecule has 0 bridgehead atoms. The van der Waals surface area contributed by atoms with Gasteiger partial charge in [0.1, 0.15) is 0 Å². The summed E-state index contributed by atoms with van der Waals surface area (Å²) in [6.07, 6.45) is 1.87. The second-order valence-corrected chi connectivity index (χ2v) is 7.66. The van der Waals surface area contributed by atoms with E-state index in [4.69, 9.17) is 35.4 Å². The predicted molar refractivity (Wildman–Crippen MR) is 115 cm³/mol. The molecule has 0 aliphatic heterocycles. The van der Waals surface area contributed by atoms with E-state index in [0.717, 1.165) is 15.6 Å². The molecule has 0 radical (unpaired) electrons. The summed E-state index contributed by atoms with van der Waals surface area (Å²) in [4.78, 5) is 0. The molecule has 0 fully saturated rings. The first-order valence-electron chi connectivity index (χ1n) is 7.77. The van der Waals surface area contributed by atoms with Crippen molar-refractivity contribution in [3.63, 3.8) is 0 Å². The standard InChI is InChI=1S/C18H15BrCl2N4S/c19-15-11-25(10-13-6-7-14(20)8-16(13)21)24-17(15)23-18(26)22-9-12-4-2-1-3-5-12/h1-8,11H,9-10H2,(H2,22,23,24,26). The van der Waals surface area contributed by atoms with Gasteiger partial charge in [-0.25, -0.2) is 0 Å². The zero-order valence-corrected chi connectivity index (χ0v) is 17.5. The maximum absolute atomic E-state index is 6.23. The van der Waals surface area contributed by atoms with Crippen LogP contribution in [0.5, 0.6) is 0 Å². The lowest BCUT2D eigenvalue weighted by atomic mass is 10.2. The lowest BCUT2D eigenvalue weighted by molar-refractivity contribution is 0.689. The Morgan fingerprint density at radius 2 is 1.92 bits per heavy atom. The van der Waals surface area contributed by atoms with Gasteiger partial charge in [0, 0.05) is 22.8 Å². The lowest BCUT2D eigenvalue weighted by Crippen LogP contribution is -2.28. The molecule has 3 aromatic rings. The summed E-state index contributed by atoms with van der Waals surface area (Å²) in [5, 5.41) is 12.5. The van der Waals surface area contributed by atoms with E-state index in [2.05, 4.69) is 31.7 Å². The van der Waals surface area contributed by atoms with Crippen molar-refractivity contribution >= 4 is 62.3 Å². The molecule has 1 aromatic heterocycles. The first kappa shape index (κ1) is 19.2. The van der Waals surface area contributed by atoms with Crippen molar-refractivity contribution in [3.8, 4) is 0 Å². The summed E-state index contributed by atoms with van der Waals surface area (Å²) < 4.78 is 2.59. The normalized spacial score (nSPS) is 10.6. The molecule has 2 aromatic carbocycles. The predicted octanol–water partition coefficient (Wildman–Crippen LogP) is 5.49. The molecule has 0 spiro atoms. The SMILES string of the molecule is S=C(NCc1ccccc1)Nc1nn(Cc2ccc(Cl)cc2Cl)cc1Br. The molecule has 0 aliphatic carbocycles. The molecular formula is C18H15BrCl2N4S. The van der Waals surface area contributed by atoms with Crippen LogP contribution in [-0.4, -0.2) is 14.9 Å². The molecule has 134 valence electrons. The summed E-state index contributed by atoms with van der Waals surface area (Å²) in [5.41, 5.74) is 2.08. The third-order valence-electron chi connectivity index (χ3n) is 3.59. The van der Waals surface area contributed by atoms with Crippen LogP contribution in [0.25, 0.3) is 0 Å². The zero-order chi connectivity index (χ0) is 18.5. The van der Waals surface area contributed by atoms with Gasteiger partial charge in [0.15, 0.2) is 10.9 Å². The molecule has 0 atom stereocenters. The monoisotopic (exact) mass is 468 g/mol. The maximum atomic E-state index is 6.23. The topological polar surface area (TPSA) is 41.9 Å². The number of aromatic nitrogens is 2. The van der Waals surface area contributed by atoms with E-state index in [0.29, 0.717) is 34.1 Å². The molecule has 0 amide bonds.